The molecule has 0 aromatic carbocycles. The lowest BCUT2D eigenvalue weighted by molar-refractivity contribution is 0.415. The van der Waals surface area contributed by atoms with Crippen LogP contribution in [-0.2, 0) is 0 Å². The fourth-order valence-corrected chi connectivity index (χ4v) is 3.49. The number of hydrogen-bond acceptors (Lipinski definition) is 1. The Kier molecular flexibility index (Phi) is 2.06. The van der Waals surface area contributed by atoms with Crippen molar-refractivity contribution in [3.05, 3.63) is 0 Å². The van der Waals surface area contributed by atoms with Crippen molar-refractivity contribution >= 4 is 0 Å². The van der Waals surface area contributed by atoms with Gasteiger partial charge >= 0.3 is 0 Å². The van der Waals surface area contributed by atoms with Gasteiger partial charge in [-0.1, -0.05) is 34.6 Å². The predicted molar refractivity (Wildman–Crippen MR) is 61.2 cm³/mol. The van der Waals surface area contributed by atoms with E-state index in [1.54, 1.807) is 0 Å². The van der Waals surface area contributed by atoms with Crippen molar-refractivity contribution < 1.29 is 0 Å². The lowest BCUT2D eigenvalue weighted by atomic mass is 10.0. The van der Waals surface area contributed by atoms with Crippen LogP contribution in [-0.4, -0.2) is 12.1 Å². The van der Waals surface area contributed by atoms with Gasteiger partial charge in [0, 0.05) is 12.1 Å². The summed E-state index contributed by atoms with van der Waals surface area (Å²) in [6, 6.07) is 1.51. The first kappa shape index (κ1) is 10.5. The van der Waals surface area contributed by atoms with Crippen LogP contribution in [0.15, 0.2) is 0 Å². The van der Waals surface area contributed by atoms with E-state index >= 15 is 0 Å². The molecular formula is C13H25N. The van der Waals surface area contributed by atoms with Gasteiger partial charge in [-0.3, -0.25) is 0 Å². The van der Waals surface area contributed by atoms with Gasteiger partial charge in [0.2, 0.25) is 0 Å². The molecule has 3 atom stereocenters. The minimum Gasteiger partial charge on any atom is -0.311 e. The highest BCUT2D eigenvalue weighted by Crippen LogP contribution is 2.69. The SMILES string of the molecule is CC1CC1NC(C)C1C(C)(C)C1(C)C. The topological polar surface area (TPSA) is 12.0 Å². The first-order valence-electron chi connectivity index (χ1n) is 6.04. The molecule has 1 N–H and O–H groups in total. The number of rotatable bonds is 3. The smallest absolute Gasteiger partial charge is 0.00989 e. The van der Waals surface area contributed by atoms with E-state index in [1.807, 2.05) is 0 Å². The predicted octanol–water partition coefficient (Wildman–Crippen LogP) is 3.06. The normalized spacial score (nSPS) is 40.7. The van der Waals surface area contributed by atoms with Gasteiger partial charge in [0.1, 0.15) is 0 Å². The van der Waals surface area contributed by atoms with E-state index in [9.17, 15) is 0 Å². The summed E-state index contributed by atoms with van der Waals surface area (Å²) >= 11 is 0. The second kappa shape index (κ2) is 2.75. The molecular weight excluding hydrogens is 170 g/mol. The van der Waals surface area contributed by atoms with Crippen molar-refractivity contribution in [2.75, 3.05) is 0 Å². The molecule has 14 heavy (non-hydrogen) atoms. The van der Waals surface area contributed by atoms with E-state index in [0.29, 0.717) is 16.9 Å². The molecule has 1 heteroatoms. The second-order valence-electron chi connectivity index (χ2n) is 6.70. The summed E-state index contributed by atoms with van der Waals surface area (Å²) in [6.07, 6.45) is 1.39. The third-order valence-corrected chi connectivity index (χ3v) is 5.22. The Hall–Kier alpha value is -0.0400. The number of nitrogens with one attached hydrogen (secondary N) is 1. The third kappa shape index (κ3) is 1.32. The van der Waals surface area contributed by atoms with E-state index in [1.165, 1.54) is 6.42 Å². The Labute approximate surface area is 88.7 Å². The van der Waals surface area contributed by atoms with Gasteiger partial charge < -0.3 is 5.32 Å². The zero-order valence-corrected chi connectivity index (χ0v) is 10.5. The van der Waals surface area contributed by atoms with Crippen molar-refractivity contribution in [1.82, 2.24) is 5.32 Å². The molecule has 2 fully saturated rings. The van der Waals surface area contributed by atoms with Crippen LogP contribution in [0.1, 0.15) is 48.0 Å². The molecule has 0 spiro atoms. The third-order valence-electron chi connectivity index (χ3n) is 5.22. The van der Waals surface area contributed by atoms with Gasteiger partial charge in [0.15, 0.2) is 0 Å². The van der Waals surface area contributed by atoms with Crippen molar-refractivity contribution in [2.45, 2.75) is 60.0 Å². The average Bonchev–Trinajstić information content (AvgIpc) is 2.73. The molecule has 2 aliphatic carbocycles. The largest absolute Gasteiger partial charge is 0.311 e. The van der Waals surface area contributed by atoms with Gasteiger partial charge in [0.25, 0.3) is 0 Å². The van der Waals surface area contributed by atoms with Crippen LogP contribution in [0.2, 0.25) is 0 Å². The fraction of sp³-hybridized carbons (Fsp3) is 1.00. The summed E-state index contributed by atoms with van der Waals surface area (Å²) in [5.74, 6) is 1.77. The Balaban J connectivity index is 1.91. The van der Waals surface area contributed by atoms with E-state index in [0.717, 1.165) is 17.9 Å². The van der Waals surface area contributed by atoms with Crippen LogP contribution in [0.3, 0.4) is 0 Å². The monoisotopic (exact) mass is 195 g/mol. The van der Waals surface area contributed by atoms with E-state index in [-0.39, 0.29) is 0 Å². The summed E-state index contributed by atoms with van der Waals surface area (Å²) in [4.78, 5) is 0. The Morgan fingerprint density at radius 3 is 1.86 bits per heavy atom. The molecule has 2 saturated carbocycles. The quantitative estimate of drug-likeness (QED) is 0.730. The van der Waals surface area contributed by atoms with Crippen LogP contribution in [0, 0.1) is 22.7 Å². The van der Waals surface area contributed by atoms with Crippen LogP contribution < -0.4 is 5.32 Å². The standard InChI is InChI=1S/C13H25N/c1-8-7-10(8)14-9(2)11-12(3,4)13(11,5)6/h8-11,14H,7H2,1-6H3. The molecule has 0 aromatic rings. The van der Waals surface area contributed by atoms with Crippen molar-refractivity contribution in [2.24, 2.45) is 22.7 Å². The summed E-state index contributed by atoms with van der Waals surface area (Å²) in [6.45, 7) is 14.3. The first-order chi connectivity index (χ1) is 6.28. The van der Waals surface area contributed by atoms with E-state index in [2.05, 4.69) is 46.9 Å². The summed E-state index contributed by atoms with van der Waals surface area (Å²) in [5.41, 5.74) is 1.05. The molecule has 0 heterocycles. The molecule has 0 saturated heterocycles. The molecule has 3 unspecified atom stereocenters. The zero-order valence-electron chi connectivity index (χ0n) is 10.5. The van der Waals surface area contributed by atoms with E-state index < -0.39 is 0 Å². The Morgan fingerprint density at radius 2 is 1.57 bits per heavy atom. The highest BCUT2D eigenvalue weighted by molar-refractivity contribution is 5.16. The molecule has 2 rings (SSSR count). The molecule has 82 valence electrons. The van der Waals surface area contributed by atoms with Crippen molar-refractivity contribution in [3.63, 3.8) is 0 Å². The van der Waals surface area contributed by atoms with Gasteiger partial charge in [-0.05, 0) is 36.0 Å². The molecule has 0 aliphatic heterocycles. The van der Waals surface area contributed by atoms with Crippen LogP contribution >= 0.6 is 0 Å². The maximum Gasteiger partial charge on any atom is 0.00989 e. The van der Waals surface area contributed by atoms with E-state index in [4.69, 9.17) is 0 Å². The minimum absolute atomic E-state index is 0.525. The maximum absolute atomic E-state index is 3.78. The highest BCUT2D eigenvalue weighted by atomic mass is 15.0. The summed E-state index contributed by atoms with van der Waals surface area (Å²) < 4.78 is 0. The minimum atomic E-state index is 0.525. The molecule has 0 radical (unpaired) electrons. The highest BCUT2D eigenvalue weighted by Gasteiger charge is 2.66. The average molecular weight is 195 g/mol. The van der Waals surface area contributed by atoms with Gasteiger partial charge in [-0.15, -0.1) is 0 Å². The maximum atomic E-state index is 3.78. The summed E-state index contributed by atoms with van der Waals surface area (Å²) in [7, 11) is 0. The summed E-state index contributed by atoms with van der Waals surface area (Å²) in [5, 5.41) is 3.78. The van der Waals surface area contributed by atoms with Crippen molar-refractivity contribution in [1.29, 1.82) is 0 Å². The van der Waals surface area contributed by atoms with Crippen LogP contribution in [0.4, 0.5) is 0 Å². The van der Waals surface area contributed by atoms with Gasteiger partial charge in [0.05, 0.1) is 0 Å². The fourth-order valence-electron chi connectivity index (χ4n) is 3.49. The van der Waals surface area contributed by atoms with Gasteiger partial charge in [-0.2, -0.15) is 0 Å². The molecule has 0 aromatic heterocycles. The Morgan fingerprint density at radius 1 is 1.14 bits per heavy atom. The molecule has 0 amide bonds. The van der Waals surface area contributed by atoms with Gasteiger partial charge in [-0.25, -0.2) is 0 Å². The zero-order chi connectivity index (χ0) is 10.7. The van der Waals surface area contributed by atoms with Crippen LogP contribution in [0.25, 0.3) is 0 Å². The van der Waals surface area contributed by atoms with Crippen molar-refractivity contribution in [3.8, 4) is 0 Å². The number of hydrogen-bond donors (Lipinski definition) is 1. The first-order valence-corrected chi connectivity index (χ1v) is 6.04. The molecule has 2 aliphatic rings. The molecule has 0 bridgehead atoms. The Bertz CT molecular complexity index is 228. The lowest BCUT2D eigenvalue weighted by Crippen LogP contribution is -2.32. The second-order valence-corrected chi connectivity index (χ2v) is 6.70. The molecule has 1 nitrogen and oxygen atoms in total. The van der Waals surface area contributed by atoms with Crippen LogP contribution in [0.5, 0.6) is 0 Å². The lowest BCUT2D eigenvalue weighted by Gasteiger charge is -2.15.